The van der Waals surface area contributed by atoms with E-state index in [0.29, 0.717) is 5.56 Å². The summed E-state index contributed by atoms with van der Waals surface area (Å²) in [5, 5.41) is 11.8. The summed E-state index contributed by atoms with van der Waals surface area (Å²) in [7, 11) is 0. The van der Waals surface area contributed by atoms with Gasteiger partial charge in [-0.25, -0.2) is 4.79 Å². The molecular formula is C17H19NO3. The molecule has 0 aliphatic carbocycles. The molecule has 0 bridgehead atoms. The summed E-state index contributed by atoms with van der Waals surface area (Å²) >= 11 is 0. The molecule has 0 atom stereocenters. The molecule has 21 heavy (non-hydrogen) atoms. The molecule has 1 aliphatic rings. The van der Waals surface area contributed by atoms with Crippen molar-refractivity contribution in [3.05, 3.63) is 53.2 Å². The molecule has 1 heterocycles. The molecule has 0 unspecified atom stereocenters. The van der Waals surface area contributed by atoms with Crippen molar-refractivity contribution < 1.29 is 14.7 Å². The lowest BCUT2D eigenvalue weighted by Gasteiger charge is -2.12. The smallest absolute Gasteiger partial charge is 0.328 e. The average Bonchev–Trinajstić information content (AvgIpc) is 2.76. The van der Waals surface area contributed by atoms with Crippen LogP contribution in [0, 0.1) is 5.41 Å². The zero-order chi connectivity index (χ0) is 15.5. The van der Waals surface area contributed by atoms with Gasteiger partial charge in [-0.05, 0) is 23.5 Å². The van der Waals surface area contributed by atoms with Crippen LogP contribution in [0.2, 0.25) is 0 Å². The van der Waals surface area contributed by atoms with E-state index < -0.39 is 5.97 Å². The van der Waals surface area contributed by atoms with Gasteiger partial charge in [0.2, 0.25) is 0 Å². The molecule has 0 amide bonds. The second-order valence-corrected chi connectivity index (χ2v) is 6.02. The molecule has 1 aliphatic heterocycles. The zero-order valence-electron chi connectivity index (χ0n) is 12.2. The number of allylic oxidation sites excluding steroid dienone is 2. The van der Waals surface area contributed by atoms with Gasteiger partial charge in [-0.1, -0.05) is 38.1 Å². The second-order valence-electron chi connectivity index (χ2n) is 6.02. The Balaban J connectivity index is 2.07. The van der Waals surface area contributed by atoms with Crippen molar-refractivity contribution in [2.45, 2.75) is 20.3 Å². The fourth-order valence-electron chi connectivity index (χ4n) is 2.26. The molecule has 110 valence electrons. The number of nitrogens with one attached hydrogen (secondary N) is 1. The highest BCUT2D eigenvalue weighted by molar-refractivity contribution is 6.05. The number of aliphatic carboxylic acids is 1. The summed E-state index contributed by atoms with van der Waals surface area (Å²) in [5.41, 5.74) is 2.51. The predicted octanol–water partition coefficient (Wildman–Crippen LogP) is 2.87. The van der Waals surface area contributed by atoms with Gasteiger partial charge in [-0.3, -0.25) is 4.79 Å². The number of carboxylic acid groups (broad SMARTS) is 1. The molecule has 0 radical (unpaired) electrons. The van der Waals surface area contributed by atoms with Gasteiger partial charge >= 0.3 is 5.97 Å². The van der Waals surface area contributed by atoms with Crippen LogP contribution in [0.1, 0.15) is 36.2 Å². The highest BCUT2D eigenvalue weighted by atomic mass is 16.4. The van der Waals surface area contributed by atoms with Gasteiger partial charge in [0.15, 0.2) is 5.78 Å². The molecule has 0 aromatic heterocycles. The van der Waals surface area contributed by atoms with Gasteiger partial charge in [-0.2, -0.15) is 0 Å². The Morgan fingerprint density at radius 2 is 1.90 bits per heavy atom. The number of carbonyl (C=O) groups is 2. The van der Waals surface area contributed by atoms with Crippen LogP contribution in [0.5, 0.6) is 0 Å². The minimum absolute atomic E-state index is 0.0380. The summed E-state index contributed by atoms with van der Waals surface area (Å²) in [6, 6.07) is 6.89. The van der Waals surface area contributed by atoms with E-state index in [1.807, 2.05) is 0 Å². The Labute approximate surface area is 124 Å². The second kappa shape index (κ2) is 5.95. The highest BCUT2D eigenvalue weighted by Crippen LogP contribution is 2.29. The van der Waals surface area contributed by atoms with Crippen molar-refractivity contribution in [2.75, 3.05) is 6.54 Å². The lowest BCUT2D eigenvalue weighted by atomic mass is 9.92. The molecule has 2 N–H and O–H groups in total. The summed E-state index contributed by atoms with van der Waals surface area (Å²) in [6.45, 7) is 5.20. The maximum absolute atomic E-state index is 12.2. The maximum atomic E-state index is 12.2. The maximum Gasteiger partial charge on any atom is 0.328 e. The molecule has 0 spiro atoms. The standard InChI is InChI=1S/C17H19NO3/c1-17(2)10-14(18-11-17)9-15(19)13-6-3-12(4-7-13)5-8-16(20)21/h3-9,18H,10-11H2,1-2H3,(H,20,21)/b8-5+,14-9+. The first-order valence-electron chi connectivity index (χ1n) is 6.86. The highest BCUT2D eigenvalue weighted by Gasteiger charge is 2.26. The average molecular weight is 285 g/mol. The number of ketones is 1. The summed E-state index contributed by atoms with van der Waals surface area (Å²) in [5.74, 6) is -1.03. The molecule has 1 saturated heterocycles. The number of rotatable bonds is 4. The predicted molar refractivity (Wildman–Crippen MR) is 81.9 cm³/mol. The topological polar surface area (TPSA) is 66.4 Å². The molecular weight excluding hydrogens is 266 g/mol. The van der Waals surface area contributed by atoms with Gasteiger partial charge in [0.1, 0.15) is 0 Å². The molecule has 1 aromatic carbocycles. The molecule has 2 rings (SSSR count). The Bertz CT molecular complexity index is 609. The van der Waals surface area contributed by atoms with Crippen LogP contribution >= 0.6 is 0 Å². The Hall–Kier alpha value is -2.36. The third kappa shape index (κ3) is 4.31. The third-order valence-electron chi connectivity index (χ3n) is 3.38. The Morgan fingerprint density at radius 3 is 2.43 bits per heavy atom. The minimum atomic E-state index is -0.991. The molecule has 4 nitrogen and oxygen atoms in total. The van der Waals surface area contributed by atoms with E-state index in [-0.39, 0.29) is 11.2 Å². The van der Waals surface area contributed by atoms with Crippen LogP contribution in [-0.4, -0.2) is 23.4 Å². The quantitative estimate of drug-likeness (QED) is 0.659. The fraction of sp³-hybridized carbons (Fsp3) is 0.294. The van der Waals surface area contributed by atoms with Crippen LogP contribution in [-0.2, 0) is 4.79 Å². The van der Waals surface area contributed by atoms with Gasteiger partial charge < -0.3 is 10.4 Å². The number of carboxylic acids is 1. The van der Waals surface area contributed by atoms with Crippen LogP contribution in [0.3, 0.4) is 0 Å². The number of benzene rings is 1. The zero-order valence-corrected chi connectivity index (χ0v) is 12.2. The summed E-state index contributed by atoms with van der Waals surface area (Å²) in [6.07, 6.45) is 5.09. The van der Waals surface area contributed by atoms with Crippen molar-refractivity contribution >= 4 is 17.8 Å². The van der Waals surface area contributed by atoms with Crippen molar-refractivity contribution in [2.24, 2.45) is 5.41 Å². The molecule has 0 saturated carbocycles. The fourth-order valence-corrected chi connectivity index (χ4v) is 2.26. The van der Waals surface area contributed by atoms with Crippen molar-refractivity contribution in [3.8, 4) is 0 Å². The van der Waals surface area contributed by atoms with E-state index in [2.05, 4.69) is 19.2 Å². The van der Waals surface area contributed by atoms with E-state index >= 15 is 0 Å². The van der Waals surface area contributed by atoms with Crippen LogP contribution in [0.4, 0.5) is 0 Å². The van der Waals surface area contributed by atoms with Gasteiger partial charge in [-0.15, -0.1) is 0 Å². The van der Waals surface area contributed by atoms with Crippen molar-refractivity contribution in [3.63, 3.8) is 0 Å². The lowest BCUT2D eigenvalue weighted by Crippen LogP contribution is -2.15. The van der Waals surface area contributed by atoms with Crippen molar-refractivity contribution in [1.82, 2.24) is 5.32 Å². The third-order valence-corrected chi connectivity index (χ3v) is 3.38. The first kappa shape index (κ1) is 15.0. The van der Waals surface area contributed by atoms with Gasteiger partial charge in [0.05, 0.1) is 0 Å². The van der Waals surface area contributed by atoms with E-state index in [4.69, 9.17) is 5.11 Å². The first-order chi connectivity index (χ1) is 9.85. The van der Waals surface area contributed by atoms with Crippen LogP contribution < -0.4 is 5.32 Å². The van der Waals surface area contributed by atoms with E-state index in [1.165, 1.54) is 6.08 Å². The Morgan fingerprint density at radius 1 is 1.24 bits per heavy atom. The van der Waals surface area contributed by atoms with Gasteiger partial charge in [0, 0.05) is 30.0 Å². The number of hydrogen-bond donors (Lipinski definition) is 2. The minimum Gasteiger partial charge on any atom is -0.478 e. The van der Waals surface area contributed by atoms with Crippen LogP contribution in [0.15, 0.2) is 42.1 Å². The summed E-state index contributed by atoms with van der Waals surface area (Å²) < 4.78 is 0. The van der Waals surface area contributed by atoms with Gasteiger partial charge in [0.25, 0.3) is 0 Å². The van der Waals surface area contributed by atoms with E-state index in [0.717, 1.165) is 30.3 Å². The largest absolute Gasteiger partial charge is 0.478 e. The first-order valence-corrected chi connectivity index (χ1v) is 6.86. The van der Waals surface area contributed by atoms with E-state index in [9.17, 15) is 9.59 Å². The van der Waals surface area contributed by atoms with Crippen LogP contribution in [0.25, 0.3) is 6.08 Å². The summed E-state index contributed by atoms with van der Waals surface area (Å²) in [4.78, 5) is 22.6. The Kier molecular flexibility index (Phi) is 4.26. The SMILES string of the molecule is CC1(C)CN/C(=C/C(=O)c2ccc(/C=C/C(=O)O)cc2)C1. The normalized spacial score (nSPS) is 18.9. The lowest BCUT2D eigenvalue weighted by molar-refractivity contribution is -0.131. The molecule has 4 heteroatoms. The van der Waals surface area contributed by atoms with E-state index in [1.54, 1.807) is 30.3 Å². The van der Waals surface area contributed by atoms with Crippen molar-refractivity contribution in [1.29, 1.82) is 0 Å². The number of hydrogen-bond acceptors (Lipinski definition) is 3. The number of carbonyl (C=O) groups excluding carboxylic acids is 1. The monoisotopic (exact) mass is 285 g/mol. The molecule has 1 fully saturated rings. The molecule has 1 aromatic rings.